The summed E-state index contributed by atoms with van der Waals surface area (Å²) in [4.78, 5) is 31.5. The number of hydrogen-bond donors (Lipinski definition) is 2. The van der Waals surface area contributed by atoms with Crippen molar-refractivity contribution in [2.24, 2.45) is 5.92 Å². The van der Waals surface area contributed by atoms with Crippen LogP contribution in [0.4, 0.5) is 5.69 Å². The second kappa shape index (κ2) is 9.80. The average Bonchev–Trinajstić information content (AvgIpc) is 3.11. The van der Waals surface area contributed by atoms with Crippen LogP contribution in [0.5, 0.6) is 0 Å². The third kappa shape index (κ3) is 5.62. The molecule has 7 heteroatoms. The second-order valence-electron chi connectivity index (χ2n) is 7.18. The Morgan fingerprint density at radius 2 is 2.00 bits per heavy atom. The average molecular weight is 401 g/mol. The SMILES string of the molecule is CCc1ccccc1NC(=O)CNC(=O)C1CCN(Cc2csc(C)n2)CC1. The van der Waals surface area contributed by atoms with Crippen LogP contribution in [0.15, 0.2) is 29.6 Å². The van der Waals surface area contributed by atoms with Crippen LogP contribution >= 0.6 is 11.3 Å². The second-order valence-corrected chi connectivity index (χ2v) is 8.25. The van der Waals surface area contributed by atoms with Gasteiger partial charge in [-0.3, -0.25) is 14.5 Å². The number of likely N-dealkylation sites (tertiary alicyclic amines) is 1. The van der Waals surface area contributed by atoms with Gasteiger partial charge in [0.2, 0.25) is 11.8 Å². The molecule has 2 aromatic rings. The minimum Gasteiger partial charge on any atom is -0.347 e. The van der Waals surface area contributed by atoms with Crippen molar-refractivity contribution in [3.63, 3.8) is 0 Å². The molecular weight excluding hydrogens is 372 g/mol. The molecule has 2 heterocycles. The number of rotatable bonds is 7. The smallest absolute Gasteiger partial charge is 0.243 e. The van der Waals surface area contributed by atoms with E-state index in [2.05, 4.69) is 32.8 Å². The molecule has 1 aliphatic heterocycles. The number of benzene rings is 1. The predicted octanol–water partition coefficient (Wildman–Crippen LogP) is 2.98. The fraction of sp³-hybridized carbons (Fsp3) is 0.476. The lowest BCUT2D eigenvalue weighted by atomic mass is 9.96. The molecule has 1 fully saturated rings. The maximum atomic E-state index is 12.4. The number of nitrogens with zero attached hydrogens (tertiary/aromatic N) is 2. The zero-order chi connectivity index (χ0) is 19.9. The van der Waals surface area contributed by atoms with Gasteiger partial charge in [-0.2, -0.15) is 0 Å². The Balaban J connectivity index is 1.40. The fourth-order valence-corrected chi connectivity index (χ4v) is 4.12. The van der Waals surface area contributed by atoms with E-state index in [1.54, 1.807) is 11.3 Å². The maximum Gasteiger partial charge on any atom is 0.243 e. The van der Waals surface area contributed by atoms with Gasteiger partial charge in [-0.05, 0) is 50.9 Å². The Morgan fingerprint density at radius 3 is 2.68 bits per heavy atom. The number of carbonyl (C=O) groups is 2. The third-order valence-electron chi connectivity index (χ3n) is 5.11. The van der Waals surface area contributed by atoms with Gasteiger partial charge in [-0.15, -0.1) is 11.3 Å². The molecule has 0 saturated carbocycles. The summed E-state index contributed by atoms with van der Waals surface area (Å²) in [6.07, 6.45) is 2.48. The molecule has 0 unspecified atom stereocenters. The van der Waals surface area contributed by atoms with E-state index < -0.39 is 0 Å². The molecule has 0 spiro atoms. The van der Waals surface area contributed by atoms with Crippen molar-refractivity contribution in [3.05, 3.63) is 45.9 Å². The monoisotopic (exact) mass is 400 g/mol. The molecular formula is C21H28N4O2S. The summed E-state index contributed by atoms with van der Waals surface area (Å²) < 4.78 is 0. The quantitative estimate of drug-likeness (QED) is 0.749. The van der Waals surface area contributed by atoms with Gasteiger partial charge in [0.15, 0.2) is 0 Å². The lowest BCUT2D eigenvalue weighted by Gasteiger charge is -2.30. The van der Waals surface area contributed by atoms with E-state index in [1.807, 2.05) is 31.2 Å². The van der Waals surface area contributed by atoms with Gasteiger partial charge < -0.3 is 10.6 Å². The van der Waals surface area contributed by atoms with Crippen molar-refractivity contribution in [3.8, 4) is 0 Å². The number of nitrogens with one attached hydrogen (secondary N) is 2. The first kappa shape index (κ1) is 20.5. The van der Waals surface area contributed by atoms with Crippen molar-refractivity contribution < 1.29 is 9.59 Å². The molecule has 150 valence electrons. The van der Waals surface area contributed by atoms with Gasteiger partial charge in [0, 0.05) is 23.5 Å². The van der Waals surface area contributed by atoms with E-state index in [1.165, 1.54) is 0 Å². The highest BCUT2D eigenvalue weighted by Gasteiger charge is 2.25. The number of amides is 2. The first-order valence-corrected chi connectivity index (χ1v) is 10.7. The van der Waals surface area contributed by atoms with Crippen molar-refractivity contribution in [2.75, 3.05) is 25.0 Å². The van der Waals surface area contributed by atoms with Crippen LogP contribution in [0, 0.1) is 12.8 Å². The minimum atomic E-state index is -0.189. The molecule has 28 heavy (non-hydrogen) atoms. The molecule has 2 N–H and O–H groups in total. The highest BCUT2D eigenvalue weighted by atomic mass is 32.1. The van der Waals surface area contributed by atoms with Crippen LogP contribution < -0.4 is 10.6 Å². The standard InChI is InChI=1S/C21H28N4O2S/c1-3-16-6-4-5-7-19(16)24-20(26)12-22-21(27)17-8-10-25(11-9-17)13-18-14-28-15(2)23-18/h4-7,14,17H,3,8-13H2,1-2H3,(H,22,27)(H,24,26). The Hall–Kier alpha value is -2.25. The van der Waals surface area contributed by atoms with Gasteiger partial charge in [-0.1, -0.05) is 25.1 Å². The number of anilines is 1. The van der Waals surface area contributed by atoms with Gasteiger partial charge >= 0.3 is 0 Å². The number of aryl methyl sites for hydroxylation is 2. The summed E-state index contributed by atoms with van der Waals surface area (Å²) in [5.74, 6) is -0.238. The van der Waals surface area contributed by atoms with Gasteiger partial charge in [0.25, 0.3) is 0 Å². The number of thiazole rings is 1. The van der Waals surface area contributed by atoms with Crippen LogP contribution in [-0.4, -0.2) is 41.3 Å². The molecule has 1 aromatic heterocycles. The van der Waals surface area contributed by atoms with Crippen molar-refractivity contribution in [1.29, 1.82) is 0 Å². The van der Waals surface area contributed by atoms with Crippen molar-refractivity contribution in [2.45, 2.75) is 39.7 Å². The van der Waals surface area contributed by atoms with E-state index in [0.717, 1.165) is 60.8 Å². The Bertz CT molecular complexity index is 812. The molecule has 2 amide bonds. The maximum absolute atomic E-state index is 12.4. The minimum absolute atomic E-state index is 0.00912. The number of carbonyl (C=O) groups excluding carboxylic acids is 2. The van der Waals surface area contributed by atoms with Gasteiger partial charge in [0.05, 0.1) is 17.2 Å². The van der Waals surface area contributed by atoms with Crippen LogP contribution in [0.25, 0.3) is 0 Å². The number of piperidine rings is 1. The molecule has 0 atom stereocenters. The van der Waals surface area contributed by atoms with E-state index in [0.29, 0.717) is 0 Å². The fourth-order valence-electron chi connectivity index (χ4n) is 3.52. The summed E-state index contributed by atoms with van der Waals surface area (Å²) >= 11 is 1.67. The Kier molecular flexibility index (Phi) is 7.17. The highest BCUT2D eigenvalue weighted by Crippen LogP contribution is 2.20. The zero-order valence-corrected chi connectivity index (χ0v) is 17.3. The van der Waals surface area contributed by atoms with Crippen LogP contribution in [-0.2, 0) is 22.6 Å². The van der Waals surface area contributed by atoms with Crippen LogP contribution in [0.1, 0.15) is 36.0 Å². The summed E-state index contributed by atoms with van der Waals surface area (Å²) in [7, 11) is 0. The summed E-state index contributed by atoms with van der Waals surface area (Å²) in [5, 5.41) is 8.87. The normalized spacial score (nSPS) is 15.4. The Labute approximate surface area is 170 Å². The molecule has 1 aliphatic rings. The van der Waals surface area contributed by atoms with Crippen molar-refractivity contribution in [1.82, 2.24) is 15.2 Å². The van der Waals surface area contributed by atoms with Gasteiger partial charge in [0.1, 0.15) is 0 Å². The highest BCUT2D eigenvalue weighted by molar-refractivity contribution is 7.09. The summed E-state index contributed by atoms with van der Waals surface area (Å²) in [5.41, 5.74) is 3.01. The molecule has 0 aliphatic carbocycles. The molecule has 0 bridgehead atoms. The Morgan fingerprint density at radius 1 is 1.25 bits per heavy atom. The summed E-state index contributed by atoms with van der Waals surface area (Å²) in [6.45, 7) is 6.68. The third-order valence-corrected chi connectivity index (χ3v) is 5.93. The summed E-state index contributed by atoms with van der Waals surface area (Å²) in [6, 6.07) is 7.74. The topological polar surface area (TPSA) is 74.3 Å². The van der Waals surface area contributed by atoms with Gasteiger partial charge in [-0.25, -0.2) is 4.98 Å². The van der Waals surface area contributed by atoms with E-state index in [4.69, 9.17) is 0 Å². The first-order valence-electron chi connectivity index (χ1n) is 9.84. The lowest BCUT2D eigenvalue weighted by molar-refractivity contribution is -0.128. The predicted molar refractivity (Wildman–Crippen MR) is 112 cm³/mol. The van der Waals surface area contributed by atoms with Crippen molar-refractivity contribution >= 4 is 28.8 Å². The van der Waals surface area contributed by atoms with Crippen LogP contribution in [0.3, 0.4) is 0 Å². The molecule has 1 aromatic carbocycles. The molecule has 3 rings (SSSR count). The number of aromatic nitrogens is 1. The van der Waals surface area contributed by atoms with Crippen LogP contribution in [0.2, 0.25) is 0 Å². The van der Waals surface area contributed by atoms with E-state index >= 15 is 0 Å². The lowest BCUT2D eigenvalue weighted by Crippen LogP contribution is -2.42. The molecule has 1 saturated heterocycles. The number of para-hydroxylation sites is 1. The van der Waals surface area contributed by atoms with E-state index in [9.17, 15) is 9.59 Å². The number of hydrogen-bond acceptors (Lipinski definition) is 5. The zero-order valence-electron chi connectivity index (χ0n) is 16.5. The van der Waals surface area contributed by atoms with E-state index in [-0.39, 0.29) is 24.3 Å². The molecule has 0 radical (unpaired) electrons. The molecule has 6 nitrogen and oxygen atoms in total. The largest absolute Gasteiger partial charge is 0.347 e. The first-order chi connectivity index (χ1) is 13.5.